The predicted octanol–water partition coefficient (Wildman–Crippen LogP) is 3.92. The summed E-state index contributed by atoms with van der Waals surface area (Å²) in [6, 6.07) is 0. The van der Waals surface area contributed by atoms with Crippen LogP contribution in [-0.2, 0) is 18.7 Å². The molecule has 0 radical (unpaired) electrons. The molecule has 4 nitrogen and oxygen atoms in total. The highest BCUT2D eigenvalue weighted by molar-refractivity contribution is 7.87. The van der Waals surface area contributed by atoms with Crippen LogP contribution in [0.1, 0.15) is 33.6 Å². The van der Waals surface area contributed by atoms with Crippen molar-refractivity contribution in [2.75, 3.05) is 0 Å². The van der Waals surface area contributed by atoms with E-state index in [1.807, 2.05) is 33.9 Å². The van der Waals surface area contributed by atoms with E-state index in [0.29, 0.717) is 6.42 Å². The molecular formula is C12H21F3O4SSi. The van der Waals surface area contributed by atoms with Gasteiger partial charge in [0, 0.05) is 6.42 Å². The summed E-state index contributed by atoms with van der Waals surface area (Å²) in [6.07, 6.45) is 1.42. The molecule has 1 aliphatic rings. The van der Waals surface area contributed by atoms with Crippen LogP contribution in [-0.4, -0.2) is 28.3 Å². The van der Waals surface area contributed by atoms with E-state index < -0.39 is 23.9 Å². The summed E-state index contributed by atoms with van der Waals surface area (Å²) in [5.74, 6) is -0.198. The summed E-state index contributed by atoms with van der Waals surface area (Å²) in [5, 5.41) is -0.0331. The van der Waals surface area contributed by atoms with Gasteiger partial charge in [0.15, 0.2) is 8.32 Å². The molecule has 0 unspecified atom stereocenters. The molecule has 0 amide bonds. The molecule has 21 heavy (non-hydrogen) atoms. The summed E-state index contributed by atoms with van der Waals surface area (Å²) in [4.78, 5) is 0. The predicted molar refractivity (Wildman–Crippen MR) is 75.4 cm³/mol. The molecular weight excluding hydrogens is 325 g/mol. The lowest BCUT2D eigenvalue weighted by atomic mass is 10.2. The van der Waals surface area contributed by atoms with Crippen LogP contribution in [0.5, 0.6) is 0 Å². The van der Waals surface area contributed by atoms with Crippen molar-refractivity contribution in [2.45, 2.75) is 63.4 Å². The fourth-order valence-electron chi connectivity index (χ4n) is 1.59. The van der Waals surface area contributed by atoms with E-state index in [1.165, 1.54) is 6.08 Å². The van der Waals surface area contributed by atoms with Crippen molar-refractivity contribution in [2.24, 2.45) is 0 Å². The molecule has 0 aromatic heterocycles. The smallest absolute Gasteiger partial charge is 0.413 e. The first-order valence-corrected chi connectivity index (χ1v) is 10.8. The van der Waals surface area contributed by atoms with Gasteiger partial charge in [0.05, 0.1) is 6.10 Å². The lowest BCUT2D eigenvalue weighted by molar-refractivity contribution is -0.0524. The van der Waals surface area contributed by atoms with Gasteiger partial charge in [-0.1, -0.05) is 20.8 Å². The normalized spacial score (nSPS) is 21.3. The summed E-state index contributed by atoms with van der Waals surface area (Å²) < 4.78 is 68.8. The lowest BCUT2D eigenvalue weighted by Crippen LogP contribution is -2.43. The maximum Gasteiger partial charge on any atom is 0.534 e. The van der Waals surface area contributed by atoms with Crippen molar-refractivity contribution in [3.63, 3.8) is 0 Å². The molecule has 0 fully saturated rings. The van der Waals surface area contributed by atoms with Gasteiger partial charge in [-0.15, -0.1) is 0 Å². The molecule has 0 heterocycles. The average molecular weight is 346 g/mol. The van der Waals surface area contributed by atoms with Gasteiger partial charge in [-0.3, -0.25) is 0 Å². The standard InChI is InChI=1S/C12H21F3O4SSi/c1-11(2,3)21(4,5)19-10-7-6-9(8-10)18-20(16,17)12(13,14)15/h6,10H,7-8H2,1-5H3/t10-/m0/s1. The quantitative estimate of drug-likeness (QED) is 0.440. The van der Waals surface area contributed by atoms with Gasteiger partial charge in [0.1, 0.15) is 5.76 Å². The molecule has 0 aliphatic heterocycles. The highest BCUT2D eigenvalue weighted by atomic mass is 32.2. The Labute approximate surface area is 124 Å². The van der Waals surface area contributed by atoms with Crippen LogP contribution in [0, 0.1) is 0 Å². The molecule has 1 aliphatic carbocycles. The Morgan fingerprint density at radius 2 is 1.76 bits per heavy atom. The molecule has 0 spiro atoms. The topological polar surface area (TPSA) is 52.6 Å². The minimum Gasteiger partial charge on any atom is -0.413 e. The Bertz CT molecular complexity index is 518. The number of halogens is 3. The van der Waals surface area contributed by atoms with Gasteiger partial charge in [-0.05, 0) is 30.6 Å². The van der Waals surface area contributed by atoms with Crippen LogP contribution in [0.25, 0.3) is 0 Å². The van der Waals surface area contributed by atoms with E-state index in [1.54, 1.807) is 0 Å². The van der Waals surface area contributed by atoms with Crippen LogP contribution in [0.2, 0.25) is 18.1 Å². The van der Waals surface area contributed by atoms with E-state index in [9.17, 15) is 21.6 Å². The minimum absolute atomic E-state index is 0.0331. The molecule has 0 saturated heterocycles. The zero-order valence-electron chi connectivity index (χ0n) is 12.7. The maximum atomic E-state index is 12.2. The van der Waals surface area contributed by atoms with E-state index >= 15 is 0 Å². The van der Waals surface area contributed by atoms with Crippen molar-refractivity contribution in [3.8, 4) is 0 Å². The number of rotatable bonds is 4. The molecule has 0 N–H and O–H groups in total. The monoisotopic (exact) mass is 346 g/mol. The minimum atomic E-state index is -5.59. The van der Waals surface area contributed by atoms with Crippen molar-refractivity contribution >= 4 is 18.4 Å². The summed E-state index contributed by atoms with van der Waals surface area (Å²) in [6.45, 7) is 10.2. The van der Waals surface area contributed by atoms with Crippen molar-refractivity contribution in [1.29, 1.82) is 0 Å². The van der Waals surface area contributed by atoms with Crippen LogP contribution < -0.4 is 0 Å². The molecule has 1 rings (SSSR count). The first-order valence-electron chi connectivity index (χ1n) is 6.53. The van der Waals surface area contributed by atoms with E-state index in [2.05, 4.69) is 4.18 Å². The van der Waals surface area contributed by atoms with Crippen molar-refractivity contribution in [3.05, 3.63) is 11.8 Å². The Balaban J connectivity index is 2.66. The van der Waals surface area contributed by atoms with Crippen LogP contribution in [0.3, 0.4) is 0 Å². The van der Waals surface area contributed by atoms with Gasteiger partial charge in [0.2, 0.25) is 0 Å². The molecule has 0 saturated carbocycles. The summed E-state index contributed by atoms with van der Waals surface area (Å²) >= 11 is 0. The highest BCUT2D eigenvalue weighted by Crippen LogP contribution is 2.40. The highest BCUT2D eigenvalue weighted by Gasteiger charge is 2.49. The Morgan fingerprint density at radius 3 is 2.19 bits per heavy atom. The fourth-order valence-corrected chi connectivity index (χ4v) is 3.47. The Hall–Kier alpha value is -0.543. The van der Waals surface area contributed by atoms with Crippen LogP contribution >= 0.6 is 0 Å². The molecule has 9 heteroatoms. The van der Waals surface area contributed by atoms with E-state index in [0.717, 1.165) is 0 Å². The molecule has 1 atom stereocenters. The summed E-state index contributed by atoms with van der Waals surface area (Å²) in [5.41, 5.74) is -5.41. The third-order valence-corrected chi connectivity index (χ3v) is 9.34. The first-order chi connectivity index (χ1) is 9.16. The fraction of sp³-hybridized carbons (Fsp3) is 0.833. The van der Waals surface area contributed by atoms with Gasteiger partial charge in [0.25, 0.3) is 0 Å². The SMILES string of the molecule is CC(C)(C)[Si](C)(C)O[C@H]1CC=C(OS(=O)(=O)C(F)(F)F)C1. The Kier molecular flexibility index (Phi) is 4.92. The lowest BCUT2D eigenvalue weighted by Gasteiger charge is -2.38. The maximum absolute atomic E-state index is 12.2. The third-order valence-electron chi connectivity index (χ3n) is 3.80. The van der Waals surface area contributed by atoms with Gasteiger partial charge < -0.3 is 8.61 Å². The third kappa shape index (κ3) is 4.46. The van der Waals surface area contributed by atoms with Crippen molar-refractivity contribution in [1.82, 2.24) is 0 Å². The second-order valence-electron chi connectivity index (χ2n) is 6.59. The van der Waals surface area contributed by atoms with E-state index in [4.69, 9.17) is 4.43 Å². The largest absolute Gasteiger partial charge is 0.534 e. The Morgan fingerprint density at radius 1 is 1.24 bits per heavy atom. The van der Waals surface area contributed by atoms with Gasteiger partial charge in [-0.2, -0.15) is 21.6 Å². The summed E-state index contributed by atoms with van der Waals surface area (Å²) in [7, 11) is -7.64. The van der Waals surface area contributed by atoms with E-state index in [-0.39, 0.29) is 23.3 Å². The van der Waals surface area contributed by atoms with Gasteiger partial charge in [-0.25, -0.2) is 0 Å². The van der Waals surface area contributed by atoms with Crippen molar-refractivity contribution < 1.29 is 30.2 Å². The second-order valence-corrected chi connectivity index (χ2v) is 12.9. The zero-order valence-corrected chi connectivity index (χ0v) is 14.6. The van der Waals surface area contributed by atoms with Crippen LogP contribution in [0.15, 0.2) is 11.8 Å². The zero-order chi connectivity index (χ0) is 16.7. The number of alkyl halides is 3. The molecule has 124 valence electrons. The second kappa shape index (κ2) is 5.58. The van der Waals surface area contributed by atoms with Crippen LogP contribution in [0.4, 0.5) is 13.2 Å². The molecule has 0 aromatic rings. The molecule has 0 aromatic carbocycles. The number of hydrogen-bond acceptors (Lipinski definition) is 4. The number of hydrogen-bond donors (Lipinski definition) is 0. The first kappa shape index (κ1) is 18.5. The average Bonchev–Trinajstić information content (AvgIpc) is 2.60. The van der Waals surface area contributed by atoms with Gasteiger partial charge >= 0.3 is 15.6 Å². The molecule has 0 bridgehead atoms.